The first-order valence-electron chi connectivity index (χ1n) is 12.2. The summed E-state index contributed by atoms with van der Waals surface area (Å²) in [6.07, 6.45) is -1.11. The highest BCUT2D eigenvalue weighted by molar-refractivity contribution is 7.97. The normalized spacial score (nSPS) is 24.0. The highest BCUT2D eigenvalue weighted by Gasteiger charge is 2.51. The number of benzene rings is 3. The van der Waals surface area contributed by atoms with Crippen LogP contribution in [0.4, 0.5) is 8.78 Å². The fraction of sp³-hybridized carbons (Fsp3) is 0.357. The van der Waals surface area contributed by atoms with E-state index in [4.69, 9.17) is 18.8 Å². The molecule has 38 heavy (non-hydrogen) atoms. The van der Waals surface area contributed by atoms with E-state index in [-0.39, 0.29) is 18.0 Å². The van der Waals surface area contributed by atoms with Crippen molar-refractivity contribution in [1.29, 1.82) is 0 Å². The van der Waals surface area contributed by atoms with E-state index in [1.54, 1.807) is 12.1 Å². The molecule has 1 N–H and O–H groups in total. The average molecular weight is 566 g/mol. The Balaban J connectivity index is 1.62. The Morgan fingerprint density at radius 3 is 1.89 bits per heavy atom. The molecule has 4 atom stereocenters. The predicted octanol–water partition coefficient (Wildman–Crippen LogP) is 6.42. The van der Waals surface area contributed by atoms with E-state index in [0.29, 0.717) is 0 Å². The van der Waals surface area contributed by atoms with Crippen LogP contribution in [0.25, 0.3) is 0 Å². The van der Waals surface area contributed by atoms with Crippen LogP contribution < -0.4 is 4.74 Å². The Kier molecular flexibility index (Phi) is 8.20. The minimum absolute atomic E-state index is 0.0549. The summed E-state index contributed by atoms with van der Waals surface area (Å²) >= 11 is 0. The number of hydrogen-bond donors (Lipinski definition) is 1. The minimum Gasteiger partial charge on any atom is -0.483 e. The summed E-state index contributed by atoms with van der Waals surface area (Å²) in [4.78, 5) is 2.99. The molecule has 10 heteroatoms. The van der Waals surface area contributed by atoms with Crippen molar-refractivity contribution in [3.8, 4) is 5.75 Å². The van der Waals surface area contributed by atoms with Gasteiger partial charge in [0.15, 0.2) is 26.6 Å². The second-order valence-electron chi connectivity index (χ2n) is 9.45. The van der Waals surface area contributed by atoms with Crippen molar-refractivity contribution in [2.45, 2.75) is 78.2 Å². The lowest BCUT2D eigenvalue weighted by atomic mass is 10.0. The quantitative estimate of drug-likeness (QED) is 0.251. The summed E-state index contributed by atoms with van der Waals surface area (Å²) in [5.74, 6) is -0.792. The van der Waals surface area contributed by atoms with Crippen LogP contribution in [0.15, 0.2) is 93.5 Å². The molecular weight excluding hydrogens is 534 g/mol. The molecule has 1 heterocycles. The fourth-order valence-corrected chi connectivity index (χ4v) is 7.02. The molecule has 1 aliphatic heterocycles. The van der Waals surface area contributed by atoms with Gasteiger partial charge in [0, 0.05) is 5.56 Å². The van der Waals surface area contributed by atoms with Gasteiger partial charge in [-0.3, -0.25) is 4.55 Å². The second-order valence-corrected chi connectivity index (χ2v) is 13.0. The highest BCUT2D eigenvalue weighted by Crippen LogP contribution is 2.38. The summed E-state index contributed by atoms with van der Waals surface area (Å²) in [5.41, 5.74) is 0.911. The molecule has 1 fully saturated rings. The Labute approximate surface area is 225 Å². The number of rotatable bonds is 8. The van der Waals surface area contributed by atoms with Crippen LogP contribution >= 0.6 is 0 Å². The van der Waals surface area contributed by atoms with Crippen molar-refractivity contribution in [2.24, 2.45) is 0 Å². The summed E-state index contributed by atoms with van der Waals surface area (Å²) < 4.78 is 76.2. The van der Waals surface area contributed by atoms with E-state index in [0.717, 1.165) is 33.6 Å². The summed E-state index contributed by atoms with van der Waals surface area (Å²) in [5, 5.41) is -4.44. The van der Waals surface area contributed by atoms with Gasteiger partial charge in [-0.05, 0) is 94.8 Å². The molecule has 1 aliphatic rings. The molecule has 0 bridgehead atoms. The monoisotopic (exact) mass is 565 g/mol. The molecule has 4 unspecified atom stereocenters. The van der Waals surface area contributed by atoms with Crippen molar-refractivity contribution >= 4 is 21.0 Å². The van der Waals surface area contributed by atoms with Gasteiger partial charge in [-0.25, -0.2) is 0 Å². The summed E-state index contributed by atoms with van der Waals surface area (Å²) in [6, 6.07) is 24.5. The van der Waals surface area contributed by atoms with Crippen LogP contribution in [0.1, 0.15) is 39.7 Å². The van der Waals surface area contributed by atoms with E-state index >= 15 is 0 Å². The maximum Gasteiger partial charge on any atom is 0.405 e. The zero-order valence-corrected chi connectivity index (χ0v) is 23.1. The van der Waals surface area contributed by atoms with E-state index in [1.807, 2.05) is 75.4 Å². The third-order valence-electron chi connectivity index (χ3n) is 6.30. The fourth-order valence-electron chi connectivity index (χ4n) is 4.49. The first kappa shape index (κ1) is 28.5. The lowest BCUT2D eigenvalue weighted by Gasteiger charge is -2.41. The standard InChI is InChI=1S/C28H30F2O6S2/c1-19-18-20(2)36-27(4,35-19)22-10-14-25(15-11-22)37(24-8-6-5-7-9-24)26-16-12-23(13-17-26)34-21(3)28(29,30)38(31,32)33/h5-17,19-21H,18H2,1-4H3/p+1. The molecule has 0 aliphatic carbocycles. The highest BCUT2D eigenvalue weighted by atomic mass is 32.2. The molecule has 204 valence electrons. The maximum atomic E-state index is 13.9. The van der Waals surface area contributed by atoms with Gasteiger partial charge in [-0.2, -0.15) is 17.2 Å². The SMILES string of the molecule is CC1CC(C)OC(C)(c2ccc([S+](c3ccccc3)c3ccc(OC(C)C(F)(F)S(=O)(=O)O)cc3)cc2)O1. The molecular formula is C28H31F2O6S2+. The van der Waals surface area contributed by atoms with Gasteiger partial charge in [0.05, 0.1) is 23.1 Å². The Morgan fingerprint density at radius 1 is 0.921 bits per heavy atom. The zero-order valence-electron chi connectivity index (χ0n) is 21.5. The van der Waals surface area contributed by atoms with Crippen LogP contribution in [0.5, 0.6) is 5.75 Å². The third kappa shape index (κ3) is 6.05. The van der Waals surface area contributed by atoms with Crippen molar-refractivity contribution in [3.05, 3.63) is 84.4 Å². The molecule has 0 spiro atoms. The van der Waals surface area contributed by atoms with E-state index < -0.39 is 38.2 Å². The van der Waals surface area contributed by atoms with Gasteiger partial charge in [-0.15, -0.1) is 0 Å². The molecule has 0 amide bonds. The van der Waals surface area contributed by atoms with Crippen LogP contribution in [0.3, 0.4) is 0 Å². The molecule has 6 nitrogen and oxygen atoms in total. The predicted molar refractivity (Wildman–Crippen MR) is 141 cm³/mol. The Bertz CT molecular complexity index is 1320. The van der Waals surface area contributed by atoms with Crippen molar-refractivity contribution in [2.75, 3.05) is 0 Å². The van der Waals surface area contributed by atoms with E-state index in [1.165, 1.54) is 12.1 Å². The molecule has 0 aromatic heterocycles. The van der Waals surface area contributed by atoms with Crippen LogP contribution in [-0.4, -0.2) is 36.5 Å². The Morgan fingerprint density at radius 2 is 1.39 bits per heavy atom. The molecule has 0 radical (unpaired) electrons. The van der Waals surface area contributed by atoms with Gasteiger partial charge >= 0.3 is 15.4 Å². The van der Waals surface area contributed by atoms with Crippen molar-refractivity contribution in [1.82, 2.24) is 0 Å². The smallest absolute Gasteiger partial charge is 0.405 e. The lowest BCUT2D eigenvalue weighted by molar-refractivity contribution is -0.311. The Hall–Kier alpha value is -2.50. The van der Waals surface area contributed by atoms with E-state index in [9.17, 15) is 17.2 Å². The van der Waals surface area contributed by atoms with Crippen LogP contribution in [0, 0.1) is 0 Å². The number of ether oxygens (including phenoxy) is 3. The summed E-state index contributed by atoms with van der Waals surface area (Å²) in [6.45, 7) is 6.89. The van der Waals surface area contributed by atoms with Gasteiger partial charge in [-0.1, -0.05) is 18.2 Å². The molecule has 3 aromatic rings. The van der Waals surface area contributed by atoms with Gasteiger partial charge in [0.2, 0.25) is 0 Å². The number of alkyl halides is 2. The maximum absolute atomic E-state index is 13.9. The van der Waals surface area contributed by atoms with Gasteiger partial charge < -0.3 is 14.2 Å². The average Bonchev–Trinajstić information content (AvgIpc) is 2.85. The van der Waals surface area contributed by atoms with Gasteiger partial charge in [0.25, 0.3) is 0 Å². The topological polar surface area (TPSA) is 82.1 Å². The van der Waals surface area contributed by atoms with Gasteiger partial charge in [0.1, 0.15) is 5.75 Å². The number of halogens is 2. The molecule has 4 rings (SSSR count). The zero-order chi connectivity index (χ0) is 27.7. The third-order valence-corrected chi connectivity index (χ3v) is 9.55. The van der Waals surface area contributed by atoms with Crippen molar-refractivity contribution < 1.29 is 36.0 Å². The van der Waals surface area contributed by atoms with E-state index in [2.05, 4.69) is 0 Å². The van der Waals surface area contributed by atoms with Crippen molar-refractivity contribution in [3.63, 3.8) is 0 Å². The molecule has 3 aromatic carbocycles. The minimum atomic E-state index is -5.61. The van der Waals surface area contributed by atoms with Crippen LogP contribution in [-0.2, 0) is 36.3 Å². The molecule has 1 saturated heterocycles. The largest absolute Gasteiger partial charge is 0.483 e. The first-order valence-corrected chi connectivity index (χ1v) is 14.8. The summed E-state index contributed by atoms with van der Waals surface area (Å²) in [7, 11) is -6.14. The first-order chi connectivity index (χ1) is 17.8. The number of hydrogen-bond acceptors (Lipinski definition) is 5. The van der Waals surface area contributed by atoms with Crippen LogP contribution in [0.2, 0.25) is 0 Å². The molecule has 0 saturated carbocycles. The second kappa shape index (κ2) is 10.9. The lowest BCUT2D eigenvalue weighted by Crippen LogP contribution is -2.42.